The van der Waals surface area contributed by atoms with E-state index in [9.17, 15) is 32.4 Å². The smallest absolute Gasteiger partial charge is 0.318 e. The van der Waals surface area contributed by atoms with Gasteiger partial charge < -0.3 is 26.2 Å². The van der Waals surface area contributed by atoms with E-state index in [1.807, 2.05) is 20.8 Å². The summed E-state index contributed by atoms with van der Waals surface area (Å²) in [6.07, 6.45) is 10.8. The maximum absolute atomic E-state index is 14.8. The van der Waals surface area contributed by atoms with Gasteiger partial charge in [-0.05, 0) is 94.3 Å². The Morgan fingerprint density at radius 2 is 1.50 bits per heavy atom. The van der Waals surface area contributed by atoms with Crippen LogP contribution in [-0.4, -0.2) is 95.5 Å². The molecule has 0 bridgehead atoms. The third-order valence-corrected chi connectivity index (χ3v) is 15.9. The van der Waals surface area contributed by atoms with E-state index in [-0.39, 0.29) is 34.8 Å². The van der Waals surface area contributed by atoms with Gasteiger partial charge in [-0.15, -0.1) is 0 Å². The lowest BCUT2D eigenvalue weighted by molar-refractivity contribution is -0.144. The maximum Gasteiger partial charge on any atom is 0.318 e. The molecular formula is C37H61N5O7S. The molecular weight excluding hydrogens is 659 g/mol. The zero-order valence-electron chi connectivity index (χ0n) is 31.3. The van der Waals surface area contributed by atoms with E-state index in [0.29, 0.717) is 25.8 Å². The van der Waals surface area contributed by atoms with E-state index in [1.165, 1.54) is 4.90 Å². The molecule has 1 spiro atoms. The summed E-state index contributed by atoms with van der Waals surface area (Å²) in [6, 6.07) is -3.42. The van der Waals surface area contributed by atoms with Crippen LogP contribution in [0, 0.1) is 28.6 Å². The number of urea groups is 1. The third kappa shape index (κ3) is 7.44. The highest BCUT2D eigenvalue weighted by molar-refractivity contribution is 7.92. The largest absolute Gasteiger partial charge is 0.363 e. The summed E-state index contributed by atoms with van der Waals surface area (Å²) in [5.41, 5.74) is 3.85. The maximum atomic E-state index is 14.8. The fraction of sp³-hybridized carbons (Fsp3) is 0.865. The van der Waals surface area contributed by atoms with Gasteiger partial charge in [-0.1, -0.05) is 59.3 Å². The van der Waals surface area contributed by atoms with Crippen LogP contribution in [0.3, 0.4) is 0 Å². The Morgan fingerprint density at radius 1 is 0.880 bits per heavy atom. The van der Waals surface area contributed by atoms with Crippen molar-refractivity contribution < 1.29 is 32.4 Å². The topological polar surface area (TPSA) is 176 Å². The number of carbonyl (C=O) groups excluding carboxylic acids is 5. The summed E-state index contributed by atoms with van der Waals surface area (Å²) < 4.78 is 26.0. The number of primary amides is 1. The number of nitrogens with two attached hydrogens (primary N) is 1. The fourth-order valence-corrected chi connectivity index (χ4v) is 10.9. The second kappa shape index (κ2) is 13.7. The number of nitrogens with zero attached hydrogens (tertiary/aromatic N) is 2. The molecule has 1 aliphatic heterocycles. The van der Waals surface area contributed by atoms with Gasteiger partial charge in [-0.2, -0.15) is 0 Å². The molecule has 1 saturated heterocycles. The molecule has 5 fully saturated rings. The van der Waals surface area contributed by atoms with Gasteiger partial charge in [-0.3, -0.25) is 19.2 Å². The fourth-order valence-electron chi connectivity index (χ4n) is 9.23. The molecule has 5 atom stereocenters. The van der Waals surface area contributed by atoms with Crippen LogP contribution in [0.4, 0.5) is 4.79 Å². The summed E-state index contributed by atoms with van der Waals surface area (Å²) in [4.78, 5) is 71.2. The van der Waals surface area contributed by atoms with Crippen molar-refractivity contribution in [2.24, 2.45) is 34.3 Å². The molecule has 282 valence electrons. The van der Waals surface area contributed by atoms with E-state index in [1.54, 1.807) is 32.7 Å². The highest BCUT2D eigenvalue weighted by Gasteiger charge is 2.64. The Balaban J connectivity index is 1.41. The first-order valence-electron chi connectivity index (χ1n) is 18.8. The zero-order valence-corrected chi connectivity index (χ0v) is 32.1. The van der Waals surface area contributed by atoms with E-state index in [4.69, 9.17) is 5.73 Å². The number of rotatable bonds is 11. The average molecular weight is 720 g/mol. The quantitative estimate of drug-likeness (QED) is 0.273. The van der Waals surface area contributed by atoms with Crippen molar-refractivity contribution in [3.05, 3.63) is 0 Å². The van der Waals surface area contributed by atoms with Crippen LogP contribution < -0.4 is 16.4 Å². The van der Waals surface area contributed by atoms with Gasteiger partial charge in [0.15, 0.2) is 9.84 Å². The molecule has 4 N–H and O–H groups in total. The van der Waals surface area contributed by atoms with Gasteiger partial charge in [0.2, 0.25) is 17.6 Å². The van der Waals surface area contributed by atoms with Crippen molar-refractivity contribution in [3.8, 4) is 0 Å². The van der Waals surface area contributed by atoms with Crippen LogP contribution in [-0.2, 0) is 29.0 Å². The summed E-state index contributed by atoms with van der Waals surface area (Å²) in [7, 11) is -1.94. The molecule has 4 saturated carbocycles. The lowest BCUT2D eigenvalue weighted by Crippen LogP contribution is -2.64. The van der Waals surface area contributed by atoms with Crippen molar-refractivity contribution >= 4 is 39.4 Å². The van der Waals surface area contributed by atoms with Crippen molar-refractivity contribution in [2.75, 3.05) is 19.3 Å². The monoisotopic (exact) mass is 719 g/mol. The number of hydrogen-bond acceptors (Lipinski definition) is 7. The summed E-state index contributed by atoms with van der Waals surface area (Å²) in [6.45, 7) is 11.0. The first kappa shape index (κ1) is 38.5. The zero-order chi connectivity index (χ0) is 37.0. The molecule has 50 heavy (non-hydrogen) atoms. The number of likely N-dealkylation sites (tertiary alicyclic amines) is 1. The lowest BCUT2D eigenvalue weighted by atomic mass is 9.80. The SMILES string of the molecule is CN(C(=O)N[C@H](C(=O)N1C[C@H]2[C@H](CCC23CC3)[C@H]1C(=O)NC(CC1CCC1)C(=O)C(N)=O)C(C)(C)C)C1(CS(=O)(=O)C(C)(C)C)CCCCC1. The second-order valence-electron chi connectivity index (χ2n) is 18.4. The number of fused-ring (bicyclic) bond motifs is 2. The van der Waals surface area contributed by atoms with Crippen LogP contribution >= 0.6 is 0 Å². The van der Waals surface area contributed by atoms with Crippen molar-refractivity contribution in [2.45, 2.75) is 153 Å². The van der Waals surface area contributed by atoms with E-state index in [2.05, 4.69) is 10.6 Å². The molecule has 0 aromatic rings. The number of ketones is 1. The normalized spacial score (nSPS) is 27.1. The molecule has 0 radical (unpaired) electrons. The number of Topliss-reactive ketones (excluding diaryl/α,β-unsaturated/α-hetero) is 1. The molecule has 12 nitrogen and oxygen atoms in total. The molecule has 0 aromatic heterocycles. The van der Waals surface area contributed by atoms with Crippen molar-refractivity contribution in [1.82, 2.24) is 20.4 Å². The van der Waals surface area contributed by atoms with E-state index < -0.39 is 67.3 Å². The molecule has 13 heteroatoms. The van der Waals surface area contributed by atoms with Gasteiger partial charge in [0.25, 0.3) is 5.91 Å². The Hall–Kier alpha value is -2.70. The minimum Gasteiger partial charge on any atom is -0.363 e. The van der Waals surface area contributed by atoms with Gasteiger partial charge in [0, 0.05) is 13.6 Å². The summed E-state index contributed by atoms with van der Waals surface area (Å²) in [5, 5.41) is 5.88. The highest BCUT2D eigenvalue weighted by atomic mass is 32.2. The number of sulfone groups is 1. The number of amides is 5. The van der Waals surface area contributed by atoms with Crippen molar-refractivity contribution in [1.29, 1.82) is 0 Å². The Labute approximate surface area is 298 Å². The molecule has 5 rings (SSSR count). The lowest BCUT2D eigenvalue weighted by Gasteiger charge is -2.46. The first-order valence-corrected chi connectivity index (χ1v) is 20.5. The van der Waals surface area contributed by atoms with Crippen molar-refractivity contribution in [3.63, 3.8) is 0 Å². The standard InChI is InChI=1S/C37H61N5O7S/c1-34(2,3)29(40-33(47)41(7)37(15-9-8-10-16-37)22-50(48,49)35(4,5)6)32(46)42-21-25-24(14-17-36(25)18-19-36)27(42)31(45)39-26(28(43)30(38)44)20-23-12-11-13-23/h23-27,29H,8-22H2,1-7H3,(H2,38,44)(H,39,45)(H,40,47)/t24-,25-,26?,27-,29+/m0/s1. The van der Waals surface area contributed by atoms with Gasteiger partial charge in [0.1, 0.15) is 12.1 Å². The first-order chi connectivity index (χ1) is 23.1. The Kier molecular flexibility index (Phi) is 10.6. The second-order valence-corrected chi connectivity index (χ2v) is 21.1. The van der Waals surface area contributed by atoms with Gasteiger partial charge >= 0.3 is 6.03 Å². The predicted octanol–water partition coefficient (Wildman–Crippen LogP) is 3.71. The average Bonchev–Trinajstić information content (AvgIpc) is 3.57. The predicted molar refractivity (Wildman–Crippen MR) is 190 cm³/mol. The summed E-state index contributed by atoms with van der Waals surface area (Å²) >= 11 is 0. The number of hydrogen-bond donors (Lipinski definition) is 3. The van der Waals surface area contributed by atoms with E-state index in [0.717, 1.165) is 64.2 Å². The Morgan fingerprint density at radius 3 is 2.00 bits per heavy atom. The minimum atomic E-state index is -3.57. The van der Waals surface area contributed by atoms with Crippen LogP contribution in [0.1, 0.15) is 125 Å². The summed E-state index contributed by atoms with van der Waals surface area (Å²) in [5.74, 6) is -2.64. The van der Waals surface area contributed by atoms with Crippen LogP contribution in [0.5, 0.6) is 0 Å². The number of carbonyl (C=O) groups is 5. The third-order valence-electron chi connectivity index (χ3n) is 13.1. The highest BCUT2D eigenvalue weighted by Crippen LogP contribution is 2.66. The number of nitrogens with one attached hydrogen (secondary N) is 2. The molecule has 5 amide bonds. The minimum absolute atomic E-state index is 0.0958. The van der Waals surface area contributed by atoms with Crippen LogP contribution in [0.2, 0.25) is 0 Å². The van der Waals surface area contributed by atoms with Crippen LogP contribution in [0.15, 0.2) is 0 Å². The van der Waals surface area contributed by atoms with Crippen LogP contribution in [0.25, 0.3) is 0 Å². The Bertz CT molecular complexity index is 1470. The molecule has 0 aromatic carbocycles. The molecule has 1 unspecified atom stereocenters. The molecule has 5 aliphatic rings. The molecule has 4 aliphatic carbocycles. The van der Waals surface area contributed by atoms with Gasteiger partial charge in [-0.25, -0.2) is 13.2 Å². The van der Waals surface area contributed by atoms with E-state index >= 15 is 0 Å². The molecule has 1 heterocycles. The van der Waals surface area contributed by atoms with Gasteiger partial charge in [0.05, 0.1) is 22.1 Å².